The summed E-state index contributed by atoms with van der Waals surface area (Å²) in [5.41, 5.74) is -0.0248. The van der Waals surface area contributed by atoms with Crippen LogP contribution in [0.15, 0.2) is 36.4 Å². The molecule has 1 aliphatic rings. The van der Waals surface area contributed by atoms with E-state index in [0.717, 1.165) is 10.8 Å². The van der Waals surface area contributed by atoms with Crippen LogP contribution < -0.4 is 4.72 Å². The van der Waals surface area contributed by atoms with Crippen LogP contribution in [0.2, 0.25) is 0 Å². The average Bonchev–Trinajstić information content (AvgIpc) is 2.54. The molecule has 1 saturated heterocycles. The first-order chi connectivity index (χ1) is 11.0. The van der Waals surface area contributed by atoms with Gasteiger partial charge >= 0.3 is 16.2 Å². The molecule has 2 N–H and O–H groups in total. The lowest BCUT2D eigenvalue weighted by molar-refractivity contribution is 0.0697. The van der Waals surface area contributed by atoms with Gasteiger partial charge in [-0.3, -0.25) is 4.72 Å². The van der Waals surface area contributed by atoms with Gasteiger partial charge in [-0.25, -0.2) is 4.79 Å². The van der Waals surface area contributed by atoms with Gasteiger partial charge in [-0.1, -0.05) is 24.3 Å². The van der Waals surface area contributed by atoms with Crippen LogP contribution in [0.1, 0.15) is 10.4 Å². The SMILES string of the molecule is O=C(O)c1cc2ccccc2cc1NS(=O)(=O)N1CCOCC1. The zero-order valence-electron chi connectivity index (χ0n) is 12.2. The minimum absolute atomic E-state index is 0.0580. The van der Waals surface area contributed by atoms with Crippen LogP contribution in [0.25, 0.3) is 10.8 Å². The number of carboxylic acid groups (broad SMARTS) is 1. The summed E-state index contributed by atoms with van der Waals surface area (Å²) in [7, 11) is -3.82. The number of aromatic carboxylic acids is 1. The molecule has 7 nitrogen and oxygen atoms in total. The van der Waals surface area contributed by atoms with Crippen molar-refractivity contribution in [1.29, 1.82) is 0 Å². The largest absolute Gasteiger partial charge is 0.478 e. The fourth-order valence-corrected chi connectivity index (χ4v) is 3.70. The third kappa shape index (κ3) is 3.29. The Morgan fingerprint density at radius 2 is 1.74 bits per heavy atom. The number of hydrogen-bond donors (Lipinski definition) is 2. The van der Waals surface area contributed by atoms with Gasteiger partial charge < -0.3 is 9.84 Å². The molecule has 1 fully saturated rings. The minimum atomic E-state index is -3.82. The van der Waals surface area contributed by atoms with Crippen LogP contribution in [0.5, 0.6) is 0 Å². The Bertz CT molecular complexity index is 844. The van der Waals surface area contributed by atoms with E-state index in [1.54, 1.807) is 18.2 Å². The van der Waals surface area contributed by atoms with Crippen LogP contribution >= 0.6 is 0 Å². The Kier molecular flexibility index (Phi) is 4.20. The molecule has 0 bridgehead atoms. The molecule has 3 rings (SSSR count). The summed E-state index contributed by atoms with van der Waals surface area (Å²) >= 11 is 0. The van der Waals surface area contributed by atoms with Crippen molar-refractivity contribution in [3.63, 3.8) is 0 Å². The Hall–Kier alpha value is -2.16. The van der Waals surface area contributed by atoms with Gasteiger partial charge in [-0.2, -0.15) is 12.7 Å². The highest BCUT2D eigenvalue weighted by Gasteiger charge is 2.26. The van der Waals surface area contributed by atoms with Gasteiger partial charge in [0.25, 0.3) is 0 Å². The molecule has 0 saturated carbocycles. The molecule has 1 heterocycles. The van der Waals surface area contributed by atoms with Crippen LogP contribution in [0.3, 0.4) is 0 Å². The van der Waals surface area contributed by atoms with Crippen LogP contribution in [0, 0.1) is 0 Å². The molecule has 2 aromatic carbocycles. The van der Waals surface area contributed by atoms with Gasteiger partial charge in [0.2, 0.25) is 0 Å². The maximum absolute atomic E-state index is 12.4. The number of fused-ring (bicyclic) bond motifs is 1. The zero-order valence-corrected chi connectivity index (χ0v) is 13.0. The highest BCUT2D eigenvalue weighted by atomic mass is 32.2. The summed E-state index contributed by atoms with van der Waals surface area (Å²) in [4.78, 5) is 11.5. The molecule has 0 atom stereocenters. The maximum Gasteiger partial charge on any atom is 0.337 e. The van der Waals surface area contributed by atoms with Gasteiger partial charge in [0.1, 0.15) is 0 Å². The minimum Gasteiger partial charge on any atom is -0.478 e. The molecule has 23 heavy (non-hydrogen) atoms. The number of anilines is 1. The number of carbonyl (C=O) groups is 1. The van der Waals surface area contributed by atoms with Gasteiger partial charge in [-0.05, 0) is 22.9 Å². The maximum atomic E-state index is 12.4. The molecule has 0 amide bonds. The number of benzene rings is 2. The van der Waals surface area contributed by atoms with E-state index in [-0.39, 0.29) is 24.3 Å². The molecule has 1 aliphatic heterocycles. The number of rotatable bonds is 4. The fourth-order valence-electron chi connectivity index (χ4n) is 2.49. The lowest BCUT2D eigenvalue weighted by Gasteiger charge is -2.26. The Balaban J connectivity index is 2.00. The van der Waals surface area contributed by atoms with Crippen molar-refractivity contribution in [2.75, 3.05) is 31.0 Å². The van der Waals surface area contributed by atoms with E-state index in [4.69, 9.17) is 4.74 Å². The van der Waals surface area contributed by atoms with Crippen molar-refractivity contribution in [3.05, 3.63) is 42.0 Å². The normalized spacial score (nSPS) is 16.3. The summed E-state index contributed by atoms with van der Waals surface area (Å²) in [5.74, 6) is -1.18. The Morgan fingerprint density at radius 3 is 2.35 bits per heavy atom. The lowest BCUT2D eigenvalue weighted by Crippen LogP contribution is -2.43. The molecule has 2 aromatic rings. The Labute approximate surface area is 133 Å². The van der Waals surface area contributed by atoms with Crippen molar-refractivity contribution in [3.8, 4) is 0 Å². The molecule has 122 valence electrons. The summed E-state index contributed by atoms with van der Waals surface area (Å²) in [6, 6.07) is 10.2. The highest BCUT2D eigenvalue weighted by Crippen LogP contribution is 2.25. The fraction of sp³-hybridized carbons (Fsp3) is 0.267. The Morgan fingerprint density at radius 1 is 1.13 bits per heavy atom. The van der Waals surface area contributed by atoms with Crippen molar-refractivity contribution < 1.29 is 23.1 Å². The number of nitrogens with zero attached hydrogens (tertiary/aromatic N) is 1. The first-order valence-corrected chi connectivity index (χ1v) is 8.53. The van der Waals surface area contributed by atoms with Crippen molar-refractivity contribution in [2.45, 2.75) is 0 Å². The highest BCUT2D eigenvalue weighted by molar-refractivity contribution is 7.90. The van der Waals surface area contributed by atoms with Crippen LogP contribution in [0.4, 0.5) is 5.69 Å². The second-order valence-electron chi connectivity index (χ2n) is 5.17. The second-order valence-corrected chi connectivity index (χ2v) is 6.84. The number of nitrogens with one attached hydrogen (secondary N) is 1. The standard InChI is InChI=1S/C15H16N2O5S/c18-15(19)13-9-11-3-1-2-4-12(11)10-14(13)16-23(20,21)17-5-7-22-8-6-17/h1-4,9-10,16H,5-8H2,(H,18,19). The molecular formula is C15H16N2O5S. The van der Waals surface area contributed by atoms with Crippen molar-refractivity contribution in [1.82, 2.24) is 4.31 Å². The summed E-state index contributed by atoms with van der Waals surface area (Å²) in [6.45, 7) is 1.13. The van der Waals surface area contributed by atoms with Gasteiger partial charge in [0, 0.05) is 13.1 Å². The number of morpholine rings is 1. The van der Waals surface area contributed by atoms with E-state index in [2.05, 4.69) is 4.72 Å². The van der Waals surface area contributed by atoms with E-state index in [0.29, 0.717) is 13.2 Å². The van der Waals surface area contributed by atoms with E-state index in [9.17, 15) is 18.3 Å². The first-order valence-electron chi connectivity index (χ1n) is 7.09. The summed E-state index contributed by atoms with van der Waals surface area (Å²) in [6.07, 6.45) is 0. The molecule has 0 spiro atoms. The number of carboxylic acids is 1. The monoisotopic (exact) mass is 336 g/mol. The third-order valence-electron chi connectivity index (χ3n) is 3.67. The second kappa shape index (κ2) is 6.15. The molecular weight excluding hydrogens is 320 g/mol. The van der Waals surface area contributed by atoms with Gasteiger partial charge in [-0.15, -0.1) is 0 Å². The summed E-state index contributed by atoms with van der Waals surface area (Å²) in [5, 5.41) is 10.9. The van der Waals surface area contributed by atoms with E-state index >= 15 is 0 Å². The molecule has 8 heteroatoms. The van der Waals surface area contributed by atoms with E-state index < -0.39 is 16.2 Å². The predicted molar refractivity (Wildman–Crippen MR) is 85.8 cm³/mol. The molecule has 0 aliphatic carbocycles. The lowest BCUT2D eigenvalue weighted by atomic mass is 10.1. The molecule has 0 unspecified atom stereocenters. The predicted octanol–water partition coefficient (Wildman–Crippen LogP) is 1.53. The molecule has 0 radical (unpaired) electrons. The average molecular weight is 336 g/mol. The first kappa shape index (κ1) is 15.7. The van der Waals surface area contributed by atoms with E-state index in [1.165, 1.54) is 16.4 Å². The zero-order chi connectivity index (χ0) is 16.4. The number of hydrogen-bond acceptors (Lipinski definition) is 4. The number of ether oxygens (including phenoxy) is 1. The van der Waals surface area contributed by atoms with Gasteiger partial charge in [0.15, 0.2) is 0 Å². The third-order valence-corrected chi connectivity index (χ3v) is 5.19. The molecule has 0 aromatic heterocycles. The van der Waals surface area contributed by atoms with Crippen molar-refractivity contribution >= 4 is 32.6 Å². The van der Waals surface area contributed by atoms with Crippen molar-refractivity contribution in [2.24, 2.45) is 0 Å². The van der Waals surface area contributed by atoms with Gasteiger partial charge in [0.05, 0.1) is 24.5 Å². The quantitative estimate of drug-likeness (QED) is 0.883. The van der Waals surface area contributed by atoms with Crippen LogP contribution in [-0.2, 0) is 14.9 Å². The topological polar surface area (TPSA) is 95.9 Å². The summed E-state index contributed by atoms with van der Waals surface area (Å²) < 4.78 is 33.6. The van der Waals surface area contributed by atoms with Crippen LogP contribution in [-0.4, -0.2) is 50.1 Å². The smallest absolute Gasteiger partial charge is 0.337 e. The van der Waals surface area contributed by atoms with E-state index in [1.807, 2.05) is 6.07 Å².